The van der Waals surface area contributed by atoms with Crippen LogP contribution in [0.4, 0.5) is 0 Å². The molecule has 0 saturated heterocycles. The molecule has 6 nitrogen and oxygen atoms in total. The highest BCUT2D eigenvalue weighted by Gasteiger charge is 2.38. The molecule has 0 saturated carbocycles. The molecular formula is C26H24N2O4. The molecule has 0 radical (unpaired) electrons. The zero-order valence-electron chi connectivity index (χ0n) is 18.4. The fraction of sp³-hybridized carbons (Fsp3) is 0.192. The summed E-state index contributed by atoms with van der Waals surface area (Å²) in [6, 6.07) is 17.7. The number of esters is 2. The van der Waals surface area contributed by atoms with Crippen LogP contribution < -0.4 is 5.32 Å². The van der Waals surface area contributed by atoms with Gasteiger partial charge in [0.2, 0.25) is 0 Å². The minimum atomic E-state index is -0.660. The minimum Gasteiger partial charge on any atom is -0.466 e. The molecule has 0 bridgehead atoms. The molecule has 0 amide bonds. The Balaban J connectivity index is 2.01. The fourth-order valence-corrected chi connectivity index (χ4v) is 4.28. The van der Waals surface area contributed by atoms with Gasteiger partial charge < -0.3 is 14.8 Å². The van der Waals surface area contributed by atoms with E-state index in [1.54, 1.807) is 13.8 Å². The Labute approximate surface area is 186 Å². The first-order valence-corrected chi connectivity index (χ1v) is 10.3. The molecule has 0 fully saturated rings. The summed E-state index contributed by atoms with van der Waals surface area (Å²) in [5.74, 6) is -1.66. The lowest BCUT2D eigenvalue weighted by molar-refractivity contribution is -0.137. The molecule has 1 aliphatic rings. The molecule has 162 valence electrons. The normalized spacial score (nSPS) is 14.4. The number of nitrogens with one attached hydrogen (secondary N) is 1. The van der Waals surface area contributed by atoms with Crippen LogP contribution in [0.5, 0.6) is 0 Å². The van der Waals surface area contributed by atoms with Gasteiger partial charge in [-0.15, -0.1) is 0 Å². The van der Waals surface area contributed by atoms with E-state index in [4.69, 9.17) is 9.47 Å². The van der Waals surface area contributed by atoms with Crippen LogP contribution in [0.2, 0.25) is 0 Å². The number of hydrogen-bond acceptors (Lipinski definition) is 6. The SMILES string of the molecule is COC(=O)C1=C(C)NC(C)=C(C(=O)OC)C1c1cccc2ncc(-c3ccccc3)cc12. The number of rotatable bonds is 4. The van der Waals surface area contributed by atoms with Gasteiger partial charge in [0, 0.05) is 28.5 Å². The molecule has 0 atom stereocenters. The molecule has 0 aliphatic carbocycles. The number of pyridine rings is 1. The van der Waals surface area contributed by atoms with Crippen LogP contribution in [0, 0.1) is 0 Å². The lowest BCUT2D eigenvalue weighted by Gasteiger charge is -2.30. The molecule has 6 heteroatoms. The largest absolute Gasteiger partial charge is 0.466 e. The van der Waals surface area contributed by atoms with Gasteiger partial charge in [0.25, 0.3) is 0 Å². The molecule has 0 unspecified atom stereocenters. The number of nitrogens with zero attached hydrogens (tertiary/aromatic N) is 1. The number of hydrogen-bond donors (Lipinski definition) is 1. The van der Waals surface area contributed by atoms with Crippen LogP contribution in [0.15, 0.2) is 83.3 Å². The van der Waals surface area contributed by atoms with Crippen LogP contribution in [-0.2, 0) is 19.1 Å². The average molecular weight is 428 g/mol. The Morgan fingerprint density at radius 2 is 1.47 bits per heavy atom. The minimum absolute atomic E-state index is 0.371. The first kappa shape index (κ1) is 21.3. The van der Waals surface area contributed by atoms with Gasteiger partial charge in [-0.3, -0.25) is 4.98 Å². The van der Waals surface area contributed by atoms with Crippen molar-refractivity contribution in [2.45, 2.75) is 19.8 Å². The number of fused-ring (bicyclic) bond motifs is 1. The number of dihydropyridines is 1. The molecule has 32 heavy (non-hydrogen) atoms. The van der Waals surface area contributed by atoms with Gasteiger partial charge in [0.1, 0.15) is 0 Å². The molecule has 0 spiro atoms. The fourth-order valence-electron chi connectivity index (χ4n) is 4.28. The van der Waals surface area contributed by atoms with Gasteiger partial charge in [-0.25, -0.2) is 9.59 Å². The van der Waals surface area contributed by atoms with Gasteiger partial charge in [-0.1, -0.05) is 42.5 Å². The molecular weight excluding hydrogens is 404 g/mol. The summed E-state index contributed by atoms with van der Waals surface area (Å²) >= 11 is 0. The van der Waals surface area contributed by atoms with Crippen LogP contribution in [0.3, 0.4) is 0 Å². The van der Waals surface area contributed by atoms with Gasteiger partial charge in [0.05, 0.1) is 36.8 Å². The second kappa shape index (κ2) is 8.67. The highest BCUT2D eigenvalue weighted by Crippen LogP contribution is 2.42. The predicted octanol–water partition coefficient (Wildman–Crippen LogP) is 4.48. The lowest BCUT2D eigenvalue weighted by atomic mass is 9.79. The van der Waals surface area contributed by atoms with Crippen molar-refractivity contribution in [3.63, 3.8) is 0 Å². The maximum absolute atomic E-state index is 12.8. The van der Waals surface area contributed by atoms with E-state index in [0.717, 1.165) is 27.6 Å². The zero-order valence-corrected chi connectivity index (χ0v) is 18.4. The van der Waals surface area contributed by atoms with E-state index in [0.29, 0.717) is 22.5 Å². The van der Waals surface area contributed by atoms with Crippen molar-refractivity contribution in [2.24, 2.45) is 0 Å². The third kappa shape index (κ3) is 3.64. The van der Waals surface area contributed by atoms with E-state index >= 15 is 0 Å². The van der Waals surface area contributed by atoms with Crippen molar-refractivity contribution >= 4 is 22.8 Å². The topological polar surface area (TPSA) is 77.5 Å². The number of methoxy groups -OCH3 is 2. The van der Waals surface area contributed by atoms with Crippen LogP contribution in [0.1, 0.15) is 25.3 Å². The summed E-state index contributed by atoms with van der Waals surface area (Å²) < 4.78 is 10.2. The van der Waals surface area contributed by atoms with Crippen molar-refractivity contribution in [3.05, 3.63) is 88.9 Å². The van der Waals surface area contributed by atoms with Crippen LogP contribution in [0.25, 0.3) is 22.0 Å². The standard InChI is InChI=1S/C26H24N2O4/c1-15-22(25(29)31-3)24(23(16(2)28-15)26(30)32-4)19-11-8-12-21-20(19)13-18(14-27-21)17-9-6-5-7-10-17/h5-14,24,28H,1-4H3. The Hall–Kier alpha value is -3.93. The third-order valence-electron chi connectivity index (χ3n) is 5.75. The Morgan fingerprint density at radius 1 is 0.844 bits per heavy atom. The number of ether oxygens (including phenoxy) is 2. The molecule has 1 N–H and O–H groups in total. The summed E-state index contributed by atoms with van der Waals surface area (Å²) in [6.45, 7) is 3.60. The number of benzene rings is 2. The van der Waals surface area contributed by atoms with E-state index in [1.807, 2.05) is 60.8 Å². The second-order valence-corrected chi connectivity index (χ2v) is 7.62. The van der Waals surface area contributed by atoms with Gasteiger partial charge in [-0.2, -0.15) is 0 Å². The molecule has 1 aromatic heterocycles. The van der Waals surface area contributed by atoms with E-state index in [-0.39, 0.29) is 0 Å². The van der Waals surface area contributed by atoms with E-state index in [9.17, 15) is 9.59 Å². The third-order valence-corrected chi connectivity index (χ3v) is 5.75. The summed E-state index contributed by atoms with van der Waals surface area (Å²) in [6.07, 6.45) is 1.83. The lowest BCUT2D eigenvalue weighted by Crippen LogP contribution is -2.32. The van der Waals surface area contributed by atoms with Gasteiger partial charge in [-0.05, 0) is 37.1 Å². The first-order chi connectivity index (χ1) is 15.5. The van der Waals surface area contributed by atoms with Crippen molar-refractivity contribution in [2.75, 3.05) is 14.2 Å². The zero-order chi connectivity index (χ0) is 22.8. The maximum atomic E-state index is 12.8. The average Bonchev–Trinajstić information content (AvgIpc) is 2.82. The maximum Gasteiger partial charge on any atom is 0.336 e. The quantitative estimate of drug-likeness (QED) is 0.618. The Bertz CT molecular complexity index is 1240. The number of aromatic nitrogens is 1. The van der Waals surface area contributed by atoms with Gasteiger partial charge >= 0.3 is 11.9 Å². The molecule has 4 rings (SSSR count). The van der Waals surface area contributed by atoms with E-state index in [1.165, 1.54) is 14.2 Å². The van der Waals surface area contributed by atoms with Crippen molar-refractivity contribution < 1.29 is 19.1 Å². The summed E-state index contributed by atoms with van der Waals surface area (Å²) in [5, 5.41) is 3.99. The van der Waals surface area contributed by atoms with Gasteiger partial charge in [0.15, 0.2) is 0 Å². The van der Waals surface area contributed by atoms with E-state index in [2.05, 4.69) is 10.3 Å². The highest BCUT2D eigenvalue weighted by atomic mass is 16.5. The number of carbonyl (C=O) groups is 2. The Morgan fingerprint density at radius 3 is 2.06 bits per heavy atom. The van der Waals surface area contributed by atoms with Crippen LogP contribution >= 0.6 is 0 Å². The first-order valence-electron chi connectivity index (χ1n) is 10.3. The highest BCUT2D eigenvalue weighted by molar-refractivity contribution is 6.02. The molecule has 3 aromatic rings. The molecule has 1 aliphatic heterocycles. The summed E-state index contributed by atoms with van der Waals surface area (Å²) in [7, 11) is 2.67. The van der Waals surface area contributed by atoms with Crippen molar-refractivity contribution in [1.82, 2.24) is 10.3 Å². The second-order valence-electron chi connectivity index (χ2n) is 7.62. The monoisotopic (exact) mass is 428 g/mol. The predicted molar refractivity (Wildman–Crippen MR) is 122 cm³/mol. The van der Waals surface area contributed by atoms with E-state index < -0.39 is 17.9 Å². The Kier molecular flexibility index (Phi) is 5.77. The summed E-state index contributed by atoms with van der Waals surface area (Å²) in [5.41, 5.74) is 5.54. The summed E-state index contributed by atoms with van der Waals surface area (Å²) in [4.78, 5) is 30.3. The van der Waals surface area contributed by atoms with Crippen LogP contribution in [-0.4, -0.2) is 31.1 Å². The van der Waals surface area contributed by atoms with Crippen molar-refractivity contribution in [1.29, 1.82) is 0 Å². The smallest absolute Gasteiger partial charge is 0.336 e. The molecule has 2 heterocycles. The number of allylic oxidation sites excluding steroid dienone is 2. The molecule has 2 aromatic carbocycles. The number of carbonyl (C=O) groups excluding carboxylic acids is 2. The van der Waals surface area contributed by atoms with Crippen molar-refractivity contribution in [3.8, 4) is 11.1 Å².